The molecule has 14 rings (SSSR count). The Hall–Kier alpha value is -7.33. The van der Waals surface area contributed by atoms with Gasteiger partial charge in [0.15, 0.2) is 17.5 Å². The van der Waals surface area contributed by atoms with Gasteiger partial charge in [-0.15, -0.1) is 0 Å². The van der Waals surface area contributed by atoms with Gasteiger partial charge in [0, 0.05) is 96.7 Å². The smallest absolute Gasteiger partial charge is 0.870 e. The second kappa shape index (κ2) is 40.7. The van der Waals surface area contributed by atoms with Crippen LogP contribution < -0.4 is 18.9 Å². The molecule has 554 valence electrons. The first kappa shape index (κ1) is 85.9. The molecule has 2 saturated carbocycles. The molecule has 2 fully saturated rings. The molecule has 106 heavy (non-hydrogen) atoms. The van der Waals surface area contributed by atoms with Crippen molar-refractivity contribution in [2.45, 2.75) is 147 Å². The number of aromatic nitrogens is 9. The van der Waals surface area contributed by atoms with Crippen LogP contribution in [0.4, 0.5) is 13.2 Å². The van der Waals surface area contributed by atoms with E-state index < -0.39 is 18.8 Å². The van der Waals surface area contributed by atoms with Crippen LogP contribution in [0.25, 0.3) is 49.8 Å². The van der Waals surface area contributed by atoms with Crippen LogP contribution in [0.2, 0.25) is 20.9 Å². The predicted octanol–water partition coefficient (Wildman–Crippen LogP) is 16.3. The van der Waals surface area contributed by atoms with Gasteiger partial charge >= 0.3 is 37.9 Å². The molecule has 5 N–H and O–H groups in total. The van der Waals surface area contributed by atoms with E-state index >= 15 is 13.2 Å². The number of ether oxygens (including phenoxy) is 3. The monoisotopic (exact) mass is 1620 g/mol. The minimum Gasteiger partial charge on any atom is -0.870 e. The van der Waals surface area contributed by atoms with E-state index in [2.05, 4.69) is 73.4 Å². The fraction of sp³-hybridized carbons (Fsp3) is 0.280. The summed E-state index contributed by atoms with van der Waals surface area (Å²) < 4.78 is 71.8. The van der Waals surface area contributed by atoms with Crippen molar-refractivity contribution in [3.05, 3.63) is 213 Å². The molecule has 0 unspecified atom stereocenters. The van der Waals surface area contributed by atoms with Gasteiger partial charge in [-0.05, 0) is 160 Å². The zero-order valence-corrected chi connectivity index (χ0v) is 65.5. The number of carbonyl (C=O) groups excluding carboxylic acids is 3. The molecule has 0 spiro atoms. The van der Waals surface area contributed by atoms with Crippen LogP contribution in [-0.4, -0.2) is 109 Å². The number of benzene rings is 6. The Morgan fingerprint density at radius 1 is 0.566 bits per heavy atom. The Morgan fingerprint density at radius 3 is 1.46 bits per heavy atom. The van der Waals surface area contributed by atoms with Crippen molar-refractivity contribution in [1.29, 1.82) is 0 Å². The summed E-state index contributed by atoms with van der Waals surface area (Å²) in [7, 11) is -1.04. The molecule has 19 nitrogen and oxygen atoms in total. The molecule has 2 aliphatic carbocycles. The third-order valence-corrected chi connectivity index (χ3v) is 21.3. The van der Waals surface area contributed by atoms with Crippen LogP contribution in [0.1, 0.15) is 119 Å². The standard InChI is InChI=1S/C23H20BrClFN3O2S.C23H21ClFN3O2S.C23H21ClFN3S.C3H7BO2.C3H6O2.Li.2H2O/c1-3-10-28-13-15(12-27-28)29-20-17(8-9-18(25)19(20)26)21(22(29)24)32-16-7-5-6-14(11-16)23(30)31-4-2;1-3-10-27-13-16(12-26-27)28-14-20(18-8-9-19(24)21(25)22(18)28)31-17-7-5-6-15(11-17)23(29)30-4-2;1-2-12-27-14-16(13-26-27)28-21(15-8-9-15)23(29-17-6-4-3-5-7-17)18-10-11-19(24)20(25)22(18)28;5-4(6)3-1-2-3;1-2-5-3-4;;;/h5-9,11-13H,3-4,10H2,1-2H3;5-9,11-14H,3-4,10H2,1-2H3;3-7,10-11,13-15H,2,8-9,12H2,1H3;3,5-6H,1-2H2;3H,2H2,1H3;;2*1H2/q;;;;;+1;;/p-1. The number of hydrogen-bond acceptors (Lipinski definition) is 15. The molecule has 6 aromatic heterocycles. The summed E-state index contributed by atoms with van der Waals surface area (Å²) in [6.45, 7) is 15.5. The Bertz CT molecular complexity index is 4940. The molecule has 0 aliphatic heterocycles. The van der Waals surface area contributed by atoms with Gasteiger partial charge in [-0.1, -0.05) is 134 Å². The van der Waals surface area contributed by atoms with E-state index in [9.17, 15) is 14.4 Å². The Kier molecular flexibility index (Phi) is 33.0. The topological polar surface area (TPSA) is 249 Å². The van der Waals surface area contributed by atoms with Crippen LogP contribution in [0.3, 0.4) is 0 Å². The second-order valence-electron chi connectivity index (χ2n) is 23.7. The summed E-state index contributed by atoms with van der Waals surface area (Å²) in [4.78, 5) is 39.0. The number of carbonyl (C=O) groups is 3. The predicted molar refractivity (Wildman–Crippen MR) is 413 cm³/mol. The summed E-state index contributed by atoms with van der Waals surface area (Å²) in [6.07, 6.45) is 20.0. The van der Waals surface area contributed by atoms with E-state index in [1.807, 2.05) is 87.5 Å². The zero-order valence-electron chi connectivity index (χ0n) is 59.2. The van der Waals surface area contributed by atoms with Crippen LogP contribution in [-0.2, 0) is 38.6 Å². The van der Waals surface area contributed by atoms with Gasteiger partial charge in [-0.3, -0.25) is 23.4 Å². The number of esters is 2. The summed E-state index contributed by atoms with van der Waals surface area (Å²) >= 11 is 26.7. The van der Waals surface area contributed by atoms with Gasteiger partial charge in [0.2, 0.25) is 0 Å². The summed E-state index contributed by atoms with van der Waals surface area (Å²) in [6, 6.07) is 35.0. The number of fused-ring (bicyclic) bond motifs is 3. The van der Waals surface area contributed by atoms with Gasteiger partial charge in [0.1, 0.15) is 4.60 Å². The largest absolute Gasteiger partial charge is 1.00 e. The van der Waals surface area contributed by atoms with E-state index in [0.29, 0.717) is 69.9 Å². The van der Waals surface area contributed by atoms with Crippen molar-refractivity contribution in [1.82, 2.24) is 43.0 Å². The van der Waals surface area contributed by atoms with Gasteiger partial charge in [0.05, 0.1) is 103 Å². The summed E-state index contributed by atoms with van der Waals surface area (Å²) in [5, 5.41) is 32.3. The Labute approximate surface area is 660 Å². The van der Waals surface area contributed by atoms with Crippen molar-refractivity contribution in [2.75, 3.05) is 19.8 Å². The van der Waals surface area contributed by atoms with Crippen molar-refractivity contribution in [2.24, 2.45) is 0 Å². The van der Waals surface area contributed by atoms with Crippen LogP contribution in [0.5, 0.6) is 0 Å². The van der Waals surface area contributed by atoms with Crippen LogP contribution >= 0.6 is 86.0 Å². The van der Waals surface area contributed by atoms with Gasteiger partial charge < -0.3 is 44.3 Å². The first-order valence-corrected chi connectivity index (χ1v) is 38.0. The normalized spacial score (nSPS) is 12.0. The van der Waals surface area contributed by atoms with Crippen molar-refractivity contribution < 1.29 is 81.6 Å². The van der Waals surface area contributed by atoms with E-state index in [1.165, 1.54) is 29.2 Å². The molecule has 0 amide bonds. The minimum atomic E-state index is -1.04. The van der Waals surface area contributed by atoms with Crippen LogP contribution in [0.15, 0.2) is 193 Å². The molecule has 0 radical (unpaired) electrons. The third kappa shape index (κ3) is 20.9. The van der Waals surface area contributed by atoms with E-state index in [-0.39, 0.29) is 68.5 Å². The molecule has 12 aromatic rings. The van der Waals surface area contributed by atoms with Crippen molar-refractivity contribution >= 4 is 144 Å². The van der Waals surface area contributed by atoms with E-state index in [1.54, 1.807) is 115 Å². The Morgan fingerprint density at radius 2 is 1.01 bits per heavy atom. The fourth-order valence-corrected chi connectivity index (χ4v) is 15.6. The first-order chi connectivity index (χ1) is 49.8. The molecule has 6 aromatic carbocycles. The second-order valence-corrected chi connectivity index (χ2v) is 29.0. The number of aryl methyl sites for hydroxylation is 3. The molecule has 6 heterocycles. The molecule has 31 heteroatoms. The number of hydrogen-bond donors (Lipinski definition) is 2. The summed E-state index contributed by atoms with van der Waals surface area (Å²) in [5.74, 6) is -1.44. The van der Waals surface area contributed by atoms with Gasteiger partial charge in [0.25, 0.3) is 6.47 Å². The van der Waals surface area contributed by atoms with E-state index in [4.69, 9.17) is 54.3 Å². The van der Waals surface area contributed by atoms with E-state index in [0.717, 1.165) is 122 Å². The quantitative estimate of drug-likeness (QED) is 0.0261. The molecule has 0 bridgehead atoms. The molecule has 2 aliphatic rings. The van der Waals surface area contributed by atoms with Crippen molar-refractivity contribution in [3.63, 3.8) is 0 Å². The third-order valence-electron chi connectivity index (χ3n) is 16.1. The maximum absolute atomic E-state index is 15.3. The summed E-state index contributed by atoms with van der Waals surface area (Å²) in [5.41, 5.74) is 5.80. The van der Waals surface area contributed by atoms with Gasteiger partial charge in [-0.2, -0.15) is 15.3 Å². The fourth-order valence-electron chi connectivity index (χ4n) is 11.1. The number of rotatable bonds is 23. The Balaban J connectivity index is 0.000000204. The minimum absolute atomic E-state index is 0. The van der Waals surface area contributed by atoms with Crippen molar-refractivity contribution in [3.8, 4) is 17.1 Å². The number of halogens is 7. The maximum Gasteiger partial charge on any atom is 1.00 e. The molecular formula is C75H78BBrCl3F3LiN9O10S3. The SMILES string of the molecule is CCCn1cc(-n2c(Br)c(Sc3cccc(C(=O)OCC)c3)c3ccc(Cl)c(F)c32)cn1.CCCn1cc(-n2c(C3CC3)c(Sc3ccccc3)c3ccc(Cl)c(F)c32)cn1.CCCn1cc(-n2cc(Sc3cccc(C(=O)OCC)c3)c3ccc(Cl)c(F)c32)cn1.CCOC=O.O.OB(O)C1CC1.[Li+].[OH-]. The number of nitrogens with zero attached hydrogens (tertiary/aromatic N) is 9. The molecule has 0 atom stereocenters. The van der Waals surface area contributed by atoms with Gasteiger partial charge in [-0.25, -0.2) is 22.8 Å². The first-order valence-electron chi connectivity index (χ1n) is 33.7. The average molecular weight is 1620 g/mol. The maximum atomic E-state index is 15.3. The molecule has 0 saturated heterocycles. The van der Waals surface area contributed by atoms with Crippen LogP contribution in [0, 0.1) is 17.5 Å². The molecular weight excluding hydrogens is 1540 g/mol. The zero-order chi connectivity index (χ0) is 73.4. The average Bonchev–Trinajstić information content (AvgIpc) is 1.64.